The molecule has 1 saturated heterocycles. The van der Waals surface area contributed by atoms with Crippen molar-refractivity contribution in [3.05, 3.63) is 0 Å². The smallest absolute Gasteiger partial charge is 0.00986 e. The minimum atomic E-state index is 0.931. The van der Waals surface area contributed by atoms with Gasteiger partial charge in [-0.2, -0.15) is 0 Å². The lowest BCUT2D eigenvalue weighted by Crippen LogP contribution is -2.31. The van der Waals surface area contributed by atoms with E-state index in [4.69, 9.17) is 0 Å². The summed E-state index contributed by atoms with van der Waals surface area (Å²) >= 11 is 0. The summed E-state index contributed by atoms with van der Waals surface area (Å²) in [5, 5.41) is 3.81. The van der Waals surface area contributed by atoms with Gasteiger partial charge in [0, 0.05) is 12.1 Å². The minimum absolute atomic E-state index is 0.931. The Kier molecular flexibility index (Phi) is 1.31. The molecule has 0 aromatic carbocycles. The SMILES string of the molecule is C1CC1[C@H]1CC[C@H](C2CC2)N1. The van der Waals surface area contributed by atoms with Crippen LogP contribution in [0, 0.1) is 11.8 Å². The van der Waals surface area contributed by atoms with Gasteiger partial charge in [0.15, 0.2) is 0 Å². The van der Waals surface area contributed by atoms with Gasteiger partial charge in [-0.15, -0.1) is 0 Å². The number of hydrogen-bond acceptors (Lipinski definition) is 1. The van der Waals surface area contributed by atoms with Crippen LogP contribution in [0.2, 0.25) is 0 Å². The lowest BCUT2D eigenvalue weighted by molar-refractivity contribution is 0.467. The Morgan fingerprint density at radius 1 is 0.636 bits per heavy atom. The first-order valence-corrected chi connectivity index (χ1v) is 5.19. The van der Waals surface area contributed by atoms with E-state index >= 15 is 0 Å². The summed E-state index contributed by atoms with van der Waals surface area (Å²) in [5.41, 5.74) is 0. The van der Waals surface area contributed by atoms with Crippen LogP contribution in [-0.2, 0) is 0 Å². The van der Waals surface area contributed by atoms with Crippen molar-refractivity contribution in [1.82, 2.24) is 5.32 Å². The highest BCUT2D eigenvalue weighted by Crippen LogP contribution is 2.42. The summed E-state index contributed by atoms with van der Waals surface area (Å²) in [4.78, 5) is 0. The Hall–Kier alpha value is -0.0400. The van der Waals surface area contributed by atoms with Crippen LogP contribution in [0.1, 0.15) is 38.5 Å². The lowest BCUT2D eigenvalue weighted by atomic mass is 10.1. The van der Waals surface area contributed by atoms with Gasteiger partial charge in [0.05, 0.1) is 0 Å². The van der Waals surface area contributed by atoms with E-state index in [1.807, 2.05) is 0 Å². The molecule has 3 rings (SSSR count). The zero-order valence-electron chi connectivity index (χ0n) is 7.05. The molecule has 1 N–H and O–H groups in total. The maximum Gasteiger partial charge on any atom is 0.00986 e. The summed E-state index contributed by atoms with van der Waals surface area (Å²) in [6.07, 6.45) is 8.99. The average molecular weight is 151 g/mol. The van der Waals surface area contributed by atoms with Crippen molar-refractivity contribution in [2.45, 2.75) is 50.6 Å². The third-order valence-corrected chi connectivity index (χ3v) is 3.60. The Labute approximate surface area is 68.6 Å². The molecule has 62 valence electrons. The van der Waals surface area contributed by atoms with Gasteiger partial charge in [0.2, 0.25) is 0 Å². The highest BCUT2D eigenvalue weighted by Gasteiger charge is 2.41. The zero-order chi connectivity index (χ0) is 7.26. The molecule has 0 unspecified atom stereocenters. The van der Waals surface area contributed by atoms with Crippen LogP contribution in [0.4, 0.5) is 0 Å². The van der Waals surface area contributed by atoms with Crippen molar-refractivity contribution in [3.63, 3.8) is 0 Å². The van der Waals surface area contributed by atoms with E-state index in [9.17, 15) is 0 Å². The van der Waals surface area contributed by atoms with Crippen molar-refractivity contribution in [1.29, 1.82) is 0 Å². The van der Waals surface area contributed by atoms with Crippen LogP contribution in [0.5, 0.6) is 0 Å². The average Bonchev–Trinajstić information content (AvgIpc) is 2.90. The molecule has 2 atom stereocenters. The predicted molar refractivity (Wildman–Crippen MR) is 45.4 cm³/mol. The largest absolute Gasteiger partial charge is 0.311 e. The van der Waals surface area contributed by atoms with Crippen LogP contribution < -0.4 is 5.32 Å². The second-order valence-corrected chi connectivity index (χ2v) is 4.63. The van der Waals surface area contributed by atoms with E-state index in [1.165, 1.54) is 38.5 Å². The molecule has 0 spiro atoms. The van der Waals surface area contributed by atoms with E-state index in [0.29, 0.717) is 0 Å². The monoisotopic (exact) mass is 151 g/mol. The molecule has 0 aromatic heterocycles. The first-order chi connectivity index (χ1) is 5.43. The molecule has 1 heterocycles. The Bertz CT molecular complexity index is 140. The number of hydrogen-bond donors (Lipinski definition) is 1. The van der Waals surface area contributed by atoms with Crippen molar-refractivity contribution in [3.8, 4) is 0 Å². The fraction of sp³-hybridized carbons (Fsp3) is 1.00. The molecule has 11 heavy (non-hydrogen) atoms. The van der Waals surface area contributed by atoms with Gasteiger partial charge < -0.3 is 5.32 Å². The van der Waals surface area contributed by atoms with Crippen molar-refractivity contribution in [2.75, 3.05) is 0 Å². The number of nitrogens with one attached hydrogen (secondary N) is 1. The van der Waals surface area contributed by atoms with Gasteiger partial charge in [-0.1, -0.05) is 0 Å². The predicted octanol–water partition coefficient (Wildman–Crippen LogP) is 1.93. The Balaban J connectivity index is 1.58. The molecule has 1 heteroatoms. The second-order valence-electron chi connectivity index (χ2n) is 4.63. The van der Waals surface area contributed by atoms with Crippen molar-refractivity contribution in [2.24, 2.45) is 11.8 Å². The van der Waals surface area contributed by atoms with E-state index in [1.54, 1.807) is 0 Å². The molecule has 0 amide bonds. The van der Waals surface area contributed by atoms with Crippen LogP contribution in [-0.4, -0.2) is 12.1 Å². The molecule has 3 aliphatic rings. The molecule has 2 saturated carbocycles. The highest BCUT2D eigenvalue weighted by molar-refractivity contribution is 4.98. The first kappa shape index (κ1) is 6.47. The Morgan fingerprint density at radius 3 is 1.45 bits per heavy atom. The van der Waals surface area contributed by atoms with E-state index in [0.717, 1.165) is 23.9 Å². The summed E-state index contributed by atoms with van der Waals surface area (Å²) in [5.74, 6) is 2.16. The minimum Gasteiger partial charge on any atom is -0.311 e. The second kappa shape index (κ2) is 2.22. The van der Waals surface area contributed by atoms with Crippen LogP contribution >= 0.6 is 0 Å². The fourth-order valence-electron chi connectivity index (χ4n) is 2.54. The van der Waals surface area contributed by atoms with E-state index < -0.39 is 0 Å². The quantitative estimate of drug-likeness (QED) is 0.636. The normalized spacial score (nSPS) is 44.7. The van der Waals surface area contributed by atoms with Gasteiger partial charge >= 0.3 is 0 Å². The summed E-state index contributed by atoms with van der Waals surface area (Å²) in [7, 11) is 0. The highest BCUT2D eigenvalue weighted by atomic mass is 15.0. The molecular formula is C10H17N. The molecule has 1 aliphatic heterocycles. The molecule has 2 aliphatic carbocycles. The van der Waals surface area contributed by atoms with Gasteiger partial charge in [0.1, 0.15) is 0 Å². The molecule has 0 bridgehead atoms. The fourth-order valence-corrected chi connectivity index (χ4v) is 2.54. The zero-order valence-corrected chi connectivity index (χ0v) is 7.05. The summed E-state index contributed by atoms with van der Waals surface area (Å²) in [6.45, 7) is 0. The van der Waals surface area contributed by atoms with Gasteiger partial charge in [0.25, 0.3) is 0 Å². The molecule has 1 nitrogen and oxygen atoms in total. The summed E-state index contributed by atoms with van der Waals surface area (Å²) < 4.78 is 0. The van der Waals surface area contributed by atoms with Crippen molar-refractivity contribution >= 4 is 0 Å². The van der Waals surface area contributed by atoms with Gasteiger partial charge in [-0.05, 0) is 50.4 Å². The topological polar surface area (TPSA) is 12.0 Å². The van der Waals surface area contributed by atoms with Crippen LogP contribution in [0.15, 0.2) is 0 Å². The molecular weight excluding hydrogens is 134 g/mol. The molecule has 0 aromatic rings. The molecule has 0 radical (unpaired) electrons. The first-order valence-electron chi connectivity index (χ1n) is 5.19. The van der Waals surface area contributed by atoms with Gasteiger partial charge in [-0.25, -0.2) is 0 Å². The van der Waals surface area contributed by atoms with Gasteiger partial charge in [-0.3, -0.25) is 0 Å². The Morgan fingerprint density at radius 2 is 1.09 bits per heavy atom. The maximum atomic E-state index is 3.81. The number of rotatable bonds is 2. The standard InChI is InChI=1S/C10H17N/c1-2-7(1)9-5-6-10(11-9)8-3-4-8/h7-11H,1-6H2/t9-,10-/m1/s1. The lowest BCUT2D eigenvalue weighted by Gasteiger charge is -2.12. The maximum absolute atomic E-state index is 3.81. The third kappa shape index (κ3) is 1.20. The van der Waals surface area contributed by atoms with Crippen LogP contribution in [0.25, 0.3) is 0 Å². The van der Waals surface area contributed by atoms with E-state index in [-0.39, 0.29) is 0 Å². The summed E-state index contributed by atoms with van der Waals surface area (Å²) in [6, 6.07) is 1.86. The van der Waals surface area contributed by atoms with Crippen molar-refractivity contribution < 1.29 is 0 Å². The van der Waals surface area contributed by atoms with Crippen LogP contribution in [0.3, 0.4) is 0 Å². The van der Waals surface area contributed by atoms with E-state index in [2.05, 4.69) is 5.32 Å². The third-order valence-electron chi connectivity index (χ3n) is 3.60. The molecule has 3 fully saturated rings.